The van der Waals surface area contributed by atoms with E-state index in [-0.39, 0.29) is 0 Å². The van der Waals surface area contributed by atoms with Crippen molar-refractivity contribution in [3.63, 3.8) is 0 Å². The first-order chi connectivity index (χ1) is 7.13. The van der Waals surface area contributed by atoms with Gasteiger partial charge in [-0.15, -0.1) is 0 Å². The number of benzene rings is 1. The van der Waals surface area contributed by atoms with Crippen LogP contribution in [0.2, 0.25) is 0 Å². The lowest BCUT2D eigenvalue weighted by molar-refractivity contribution is 0.200. The first kappa shape index (κ1) is 11.6. The summed E-state index contributed by atoms with van der Waals surface area (Å²) in [6, 6.07) is 8.39. The van der Waals surface area contributed by atoms with E-state index in [0.717, 1.165) is 5.76 Å². The maximum absolute atomic E-state index is 5.53. The number of nitrogens with zero attached hydrogens (tertiary/aromatic N) is 1. The Labute approximate surface area is 92.2 Å². The van der Waals surface area contributed by atoms with Crippen LogP contribution in [0.1, 0.15) is 19.4 Å². The first-order valence-corrected chi connectivity index (χ1v) is 5.15. The van der Waals surface area contributed by atoms with Crippen LogP contribution in [0, 0.1) is 0 Å². The fraction of sp³-hybridized carbons (Fsp3) is 0.385. The maximum atomic E-state index is 5.53. The molecule has 2 nitrogen and oxygen atoms in total. The van der Waals surface area contributed by atoms with Gasteiger partial charge in [-0.3, -0.25) is 0 Å². The van der Waals surface area contributed by atoms with Gasteiger partial charge < -0.3 is 9.64 Å². The fourth-order valence-electron chi connectivity index (χ4n) is 1.17. The lowest BCUT2D eigenvalue weighted by atomic mass is 10.2. The summed E-state index contributed by atoms with van der Waals surface area (Å²) < 4.78 is 5.53. The van der Waals surface area contributed by atoms with E-state index in [9.17, 15) is 0 Å². The highest BCUT2D eigenvalue weighted by atomic mass is 16.5. The van der Waals surface area contributed by atoms with E-state index < -0.39 is 0 Å². The molecule has 0 unspecified atom stereocenters. The molecule has 0 bridgehead atoms. The van der Waals surface area contributed by atoms with Crippen LogP contribution in [0.15, 0.2) is 36.1 Å². The van der Waals surface area contributed by atoms with Gasteiger partial charge in [-0.1, -0.05) is 12.1 Å². The largest absolute Gasteiger partial charge is 0.494 e. The minimum absolute atomic E-state index is 0.643. The molecular weight excluding hydrogens is 186 g/mol. The van der Waals surface area contributed by atoms with E-state index in [0.29, 0.717) is 6.61 Å². The Hall–Kier alpha value is -1.44. The summed E-state index contributed by atoms with van der Waals surface area (Å²) in [5.41, 5.74) is 2.41. The van der Waals surface area contributed by atoms with Crippen LogP contribution >= 0.6 is 0 Å². The third kappa shape index (κ3) is 3.66. The molecule has 0 aliphatic heterocycles. The van der Waals surface area contributed by atoms with Crippen LogP contribution < -0.4 is 4.90 Å². The van der Waals surface area contributed by atoms with Gasteiger partial charge in [0, 0.05) is 19.8 Å². The van der Waals surface area contributed by atoms with Gasteiger partial charge in [0.25, 0.3) is 0 Å². The van der Waals surface area contributed by atoms with Crippen molar-refractivity contribution in [1.82, 2.24) is 0 Å². The predicted octanol–water partition coefficient (Wildman–Crippen LogP) is 3.19. The van der Waals surface area contributed by atoms with Gasteiger partial charge in [0.05, 0.1) is 5.76 Å². The molecule has 0 fully saturated rings. The highest BCUT2D eigenvalue weighted by Crippen LogP contribution is 2.13. The molecule has 15 heavy (non-hydrogen) atoms. The number of hydrogen-bond donors (Lipinski definition) is 0. The van der Waals surface area contributed by atoms with Crippen LogP contribution in [0.4, 0.5) is 5.69 Å². The highest BCUT2D eigenvalue weighted by molar-refractivity contribution is 5.45. The molecule has 0 amide bonds. The van der Waals surface area contributed by atoms with Crippen LogP contribution in [0.3, 0.4) is 0 Å². The Morgan fingerprint density at radius 3 is 2.33 bits per heavy atom. The number of rotatable bonds is 4. The Balaban J connectivity index is 2.57. The molecule has 0 atom stereocenters. The van der Waals surface area contributed by atoms with Crippen molar-refractivity contribution < 1.29 is 4.74 Å². The van der Waals surface area contributed by atoms with Gasteiger partial charge in [-0.2, -0.15) is 0 Å². The van der Waals surface area contributed by atoms with E-state index in [1.54, 1.807) is 0 Å². The predicted molar refractivity (Wildman–Crippen MR) is 65.0 cm³/mol. The minimum atomic E-state index is 0.643. The summed E-state index contributed by atoms with van der Waals surface area (Å²) in [6.45, 7) is 4.59. The van der Waals surface area contributed by atoms with Gasteiger partial charge in [0.2, 0.25) is 0 Å². The summed E-state index contributed by atoms with van der Waals surface area (Å²) in [6.07, 6.45) is 1.97. The van der Waals surface area contributed by atoms with E-state index >= 15 is 0 Å². The van der Waals surface area contributed by atoms with Crippen LogP contribution in [0.5, 0.6) is 0 Å². The molecule has 1 aromatic carbocycles. The zero-order valence-corrected chi connectivity index (χ0v) is 9.95. The van der Waals surface area contributed by atoms with Crippen molar-refractivity contribution in [2.75, 3.05) is 19.0 Å². The second kappa shape index (κ2) is 5.44. The third-order valence-corrected chi connectivity index (χ3v) is 2.33. The van der Waals surface area contributed by atoms with Crippen LogP contribution in [-0.2, 0) is 11.3 Å². The van der Waals surface area contributed by atoms with Crippen molar-refractivity contribution in [2.45, 2.75) is 20.5 Å². The number of ether oxygens (including phenoxy) is 1. The van der Waals surface area contributed by atoms with E-state index in [1.165, 1.54) is 11.3 Å². The smallest absolute Gasteiger partial charge is 0.113 e. The van der Waals surface area contributed by atoms with Crippen molar-refractivity contribution >= 4 is 5.69 Å². The van der Waals surface area contributed by atoms with Gasteiger partial charge in [0.15, 0.2) is 0 Å². The standard InChI is InChI=1S/C13H19NO/c1-5-11(2)15-10-12-6-8-13(9-7-12)14(3)4/h5-9H,10H2,1-4H3. The molecule has 0 saturated heterocycles. The zero-order valence-electron chi connectivity index (χ0n) is 9.95. The van der Waals surface area contributed by atoms with Gasteiger partial charge in [-0.05, 0) is 37.6 Å². The normalized spacial score (nSPS) is 11.3. The molecule has 0 heterocycles. The quantitative estimate of drug-likeness (QED) is 0.700. The molecule has 0 radical (unpaired) electrons. The average molecular weight is 205 g/mol. The van der Waals surface area contributed by atoms with Crippen LogP contribution in [0.25, 0.3) is 0 Å². The van der Waals surface area contributed by atoms with Crippen molar-refractivity contribution in [2.24, 2.45) is 0 Å². The van der Waals surface area contributed by atoms with Crippen molar-refractivity contribution in [3.05, 3.63) is 41.7 Å². The first-order valence-electron chi connectivity index (χ1n) is 5.15. The molecule has 1 rings (SSSR count). The lowest BCUT2D eigenvalue weighted by Gasteiger charge is -2.13. The number of hydrogen-bond acceptors (Lipinski definition) is 2. The highest BCUT2D eigenvalue weighted by Gasteiger charge is 1.96. The molecule has 0 N–H and O–H groups in total. The SMILES string of the molecule is CC=C(C)OCc1ccc(N(C)C)cc1. The molecule has 2 heteroatoms. The fourth-order valence-corrected chi connectivity index (χ4v) is 1.17. The van der Waals surface area contributed by atoms with E-state index in [4.69, 9.17) is 4.74 Å². The molecule has 82 valence electrons. The van der Waals surface area contributed by atoms with Crippen molar-refractivity contribution in [1.29, 1.82) is 0 Å². The summed E-state index contributed by atoms with van der Waals surface area (Å²) in [4.78, 5) is 2.09. The second-order valence-corrected chi connectivity index (χ2v) is 3.75. The van der Waals surface area contributed by atoms with Crippen LogP contribution in [-0.4, -0.2) is 14.1 Å². The molecule has 0 saturated carbocycles. The average Bonchev–Trinajstić information content (AvgIpc) is 2.26. The molecule has 0 aromatic heterocycles. The lowest BCUT2D eigenvalue weighted by Crippen LogP contribution is -2.08. The Morgan fingerprint density at radius 2 is 1.87 bits per heavy atom. The topological polar surface area (TPSA) is 12.5 Å². The van der Waals surface area contributed by atoms with Gasteiger partial charge in [-0.25, -0.2) is 0 Å². The maximum Gasteiger partial charge on any atom is 0.113 e. The number of allylic oxidation sites excluding steroid dienone is 2. The Kier molecular flexibility index (Phi) is 4.22. The summed E-state index contributed by atoms with van der Waals surface area (Å²) in [7, 11) is 4.07. The van der Waals surface area contributed by atoms with E-state index in [2.05, 4.69) is 29.2 Å². The molecule has 0 spiro atoms. The van der Waals surface area contributed by atoms with Crippen molar-refractivity contribution in [3.8, 4) is 0 Å². The number of anilines is 1. The van der Waals surface area contributed by atoms with Gasteiger partial charge >= 0.3 is 0 Å². The molecule has 1 aromatic rings. The van der Waals surface area contributed by atoms with E-state index in [1.807, 2.05) is 34.0 Å². The zero-order chi connectivity index (χ0) is 11.3. The monoisotopic (exact) mass is 205 g/mol. The molecular formula is C13H19NO. The Bertz CT molecular complexity index is 325. The minimum Gasteiger partial charge on any atom is -0.494 e. The molecule has 0 aliphatic carbocycles. The Morgan fingerprint density at radius 1 is 1.27 bits per heavy atom. The third-order valence-electron chi connectivity index (χ3n) is 2.33. The summed E-state index contributed by atoms with van der Waals surface area (Å²) in [5.74, 6) is 0.965. The second-order valence-electron chi connectivity index (χ2n) is 3.75. The summed E-state index contributed by atoms with van der Waals surface area (Å²) in [5, 5.41) is 0. The van der Waals surface area contributed by atoms with Gasteiger partial charge in [0.1, 0.15) is 6.61 Å². The molecule has 0 aliphatic rings. The summed E-state index contributed by atoms with van der Waals surface area (Å²) >= 11 is 0.